The normalized spacial score (nSPS) is 22.3. The fourth-order valence-corrected chi connectivity index (χ4v) is 3.52. The number of hydrogen-bond acceptors (Lipinski definition) is 4. The van der Waals surface area contributed by atoms with Crippen LogP contribution in [0.5, 0.6) is 0 Å². The first-order chi connectivity index (χ1) is 11.1. The summed E-state index contributed by atoms with van der Waals surface area (Å²) in [7, 11) is 0. The number of nitrogens with one attached hydrogen (secondary N) is 2. The molecule has 2 fully saturated rings. The summed E-state index contributed by atoms with van der Waals surface area (Å²) in [6.07, 6.45) is 3.23. The molecule has 3 rings (SSSR count). The van der Waals surface area contributed by atoms with Crippen molar-refractivity contribution in [2.24, 2.45) is 0 Å². The number of likely N-dealkylation sites (tertiary alicyclic amines) is 1. The first-order valence-corrected chi connectivity index (χ1v) is 8.53. The highest BCUT2D eigenvalue weighted by molar-refractivity contribution is 9.10. The molecule has 0 aromatic carbocycles. The van der Waals surface area contributed by atoms with Crippen LogP contribution in [-0.4, -0.2) is 65.4 Å². The van der Waals surface area contributed by atoms with Crippen LogP contribution < -0.4 is 10.9 Å². The molecule has 0 saturated carbocycles. The summed E-state index contributed by atoms with van der Waals surface area (Å²) in [5.74, 6) is -0.0171. The molecular formula is C15H19BrN4O3. The van der Waals surface area contributed by atoms with E-state index in [1.165, 1.54) is 6.20 Å². The lowest BCUT2D eigenvalue weighted by molar-refractivity contribution is -0.135. The van der Waals surface area contributed by atoms with Crippen molar-refractivity contribution in [1.29, 1.82) is 0 Å². The Labute approximate surface area is 142 Å². The summed E-state index contributed by atoms with van der Waals surface area (Å²) in [6.45, 7) is 3.07. The van der Waals surface area contributed by atoms with Gasteiger partial charge in [0, 0.05) is 38.4 Å². The topological polar surface area (TPSA) is 85.5 Å². The lowest BCUT2D eigenvalue weighted by Crippen LogP contribution is -2.57. The highest BCUT2D eigenvalue weighted by atomic mass is 79.9. The lowest BCUT2D eigenvalue weighted by Gasteiger charge is -2.41. The van der Waals surface area contributed by atoms with Crippen molar-refractivity contribution < 1.29 is 9.59 Å². The van der Waals surface area contributed by atoms with E-state index in [9.17, 15) is 14.4 Å². The van der Waals surface area contributed by atoms with Crippen molar-refractivity contribution in [3.63, 3.8) is 0 Å². The van der Waals surface area contributed by atoms with Crippen LogP contribution in [0, 0.1) is 0 Å². The van der Waals surface area contributed by atoms with E-state index < -0.39 is 0 Å². The third kappa shape index (κ3) is 3.48. The molecule has 1 aromatic heterocycles. The number of halogens is 1. The Balaban J connectivity index is 1.72. The second-order valence-electron chi connectivity index (χ2n) is 5.88. The molecule has 23 heavy (non-hydrogen) atoms. The number of aromatic nitrogens is 1. The van der Waals surface area contributed by atoms with Crippen LogP contribution >= 0.6 is 15.9 Å². The van der Waals surface area contributed by atoms with E-state index in [1.54, 1.807) is 11.0 Å². The molecule has 7 nitrogen and oxygen atoms in total. The van der Waals surface area contributed by atoms with Crippen LogP contribution in [0.2, 0.25) is 0 Å². The zero-order valence-corrected chi connectivity index (χ0v) is 14.3. The van der Waals surface area contributed by atoms with Crippen LogP contribution in [-0.2, 0) is 4.79 Å². The summed E-state index contributed by atoms with van der Waals surface area (Å²) in [4.78, 5) is 42.3. The molecule has 1 atom stereocenters. The van der Waals surface area contributed by atoms with Crippen LogP contribution in [0.3, 0.4) is 0 Å². The first kappa shape index (κ1) is 16.2. The smallest absolute Gasteiger partial charge is 0.262 e. The molecule has 3 heterocycles. The number of amides is 2. The van der Waals surface area contributed by atoms with E-state index in [4.69, 9.17) is 0 Å². The molecule has 2 saturated heterocycles. The highest BCUT2D eigenvalue weighted by Gasteiger charge is 2.32. The Morgan fingerprint density at radius 3 is 2.87 bits per heavy atom. The number of H-pyrrole nitrogens is 1. The van der Waals surface area contributed by atoms with Crippen LogP contribution in [0.1, 0.15) is 23.2 Å². The maximum Gasteiger partial charge on any atom is 0.262 e. The molecule has 0 spiro atoms. The first-order valence-electron chi connectivity index (χ1n) is 7.74. The quantitative estimate of drug-likeness (QED) is 0.763. The third-order valence-electron chi connectivity index (χ3n) is 4.36. The largest absolute Gasteiger partial charge is 0.337 e. The van der Waals surface area contributed by atoms with Gasteiger partial charge in [0.15, 0.2) is 0 Å². The highest BCUT2D eigenvalue weighted by Crippen LogP contribution is 2.19. The molecule has 2 N–H and O–H groups in total. The average Bonchev–Trinajstić information content (AvgIpc) is 2.57. The average molecular weight is 383 g/mol. The summed E-state index contributed by atoms with van der Waals surface area (Å²) in [6, 6.07) is 1.62. The van der Waals surface area contributed by atoms with E-state index in [0.717, 1.165) is 19.4 Å². The molecule has 124 valence electrons. The standard InChI is InChI=1S/C15H19BrN4O3/c16-12-6-10(7-18-14(12)22)15(23)19-4-1-2-11(9-19)20-5-3-17-8-13(20)21/h6-7,11,17H,1-5,8-9H2,(H,18,22). The number of rotatable bonds is 2. The van der Waals surface area contributed by atoms with Gasteiger partial charge in [-0.1, -0.05) is 0 Å². The Morgan fingerprint density at radius 2 is 2.13 bits per heavy atom. The minimum Gasteiger partial charge on any atom is -0.337 e. The van der Waals surface area contributed by atoms with E-state index in [0.29, 0.717) is 36.2 Å². The molecule has 1 aromatic rings. The summed E-state index contributed by atoms with van der Waals surface area (Å²) in [5, 5.41) is 3.06. The van der Waals surface area contributed by atoms with E-state index in [2.05, 4.69) is 26.2 Å². The molecule has 2 aliphatic rings. The summed E-state index contributed by atoms with van der Waals surface area (Å²) >= 11 is 3.15. The van der Waals surface area contributed by atoms with Crippen molar-refractivity contribution in [2.45, 2.75) is 18.9 Å². The number of pyridine rings is 1. The Hall–Kier alpha value is -1.67. The maximum absolute atomic E-state index is 12.6. The SMILES string of the molecule is O=C(c1c[nH]c(=O)c(Br)c1)N1CCCC(N2CCNCC2=O)C1. The van der Waals surface area contributed by atoms with Gasteiger partial charge in [0.1, 0.15) is 0 Å². The fourth-order valence-electron chi connectivity index (χ4n) is 3.16. The predicted molar refractivity (Wildman–Crippen MR) is 88.3 cm³/mol. The van der Waals surface area contributed by atoms with Crippen LogP contribution in [0.15, 0.2) is 21.5 Å². The number of aromatic amines is 1. The number of carbonyl (C=O) groups excluding carboxylic acids is 2. The van der Waals surface area contributed by atoms with Gasteiger partial charge < -0.3 is 20.1 Å². The molecule has 8 heteroatoms. The van der Waals surface area contributed by atoms with Gasteiger partial charge in [-0.15, -0.1) is 0 Å². The number of piperidine rings is 1. The summed E-state index contributed by atoms with van der Waals surface area (Å²) in [5.41, 5.74) is 0.188. The number of hydrogen-bond donors (Lipinski definition) is 2. The Morgan fingerprint density at radius 1 is 1.30 bits per heavy atom. The second-order valence-corrected chi connectivity index (χ2v) is 6.73. The van der Waals surface area contributed by atoms with Gasteiger partial charge in [0.05, 0.1) is 16.6 Å². The van der Waals surface area contributed by atoms with Crippen molar-refractivity contribution >= 4 is 27.7 Å². The van der Waals surface area contributed by atoms with E-state index in [-0.39, 0.29) is 23.4 Å². The molecule has 2 aliphatic heterocycles. The monoisotopic (exact) mass is 382 g/mol. The Kier molecular flexibility index (Phi) is 4.82. The van der Waals surface area contributed by atoms with Crippen LogP contribution in [0.25, 0.3) is 0 Å². The van der Waals surface area contributed by atoms with Crippen molar-refractivity contribution in [3.8, 4) is 0 Å². The second kappa shape index (κ2) is 6.84. The maximum atomic E-state index is 12.6. The van der Waals surface area contributed by atoms with Gasteiger partial charge in [-0.05, 0) is 34.8 Å². The predicted octanol–water partition coefficient (Wildman–Crippen LogP) is 0.174. The van der Waals surface area contributed by atoms with Gasteiger partial charge in [-0.2, -0.15) is 0 Å². The molecule has 1 unspecified atom stereocenters. The third-order valence-corrected chi connectivity index (χ3v) is 4.94. The van der Waals surface area contributed by atoms with Gasteiger partial charge in [0.25, 0.3) is 11.5 Å². The molecule has 2 amide bonds. The van der Waals surface area contributed by atoms with Crippen LogP contribution in [0.4, 0.5) is 0 Å². The molecule has 0 aliphatic carbocycles. The number of piperazine rings is 1. The van der Waals surface area contributed by atoms with E-state index >= 15 is 0 Å². The molecular weight excluding hydrogens is 364 g/mol. The lowest BCUT2D eigenvalue weighted by atomic mass is 10.0. The number of nitrogens with zero attached hydrogens (tertiary/aromatic N) is 2. The van der Waals surface area contributed by atoms with Gasteiger partial charge in [0.2, 0.25) is 5.91 Å². The minimum atomic E-state index is -0.260. The van der Waals surface area contributed by atoms with Gasteiger partial charge in [-0.3, -0.25) is 14.4 Å². The van der Waals surface area contributed by atoms with Gasteiger partial charge in [-0.25, -0.2) is 0 Å². The van der Waals surface area contributed by atoms with Crippen molar-refractivity contribution in [3.05, 3.63) is 32.7 Å². The van der Waals surface area contributed by atoms with Crippen molar-refractivity contribution in [2.75, 3.05) is 32.7 Å². The molecule has 0 radical (unpaired) electrons. The minimum absolute atomic E-state index is 0.0773. The fraction of sp³-hybridized carbons (Fsp3) is 0.533. The van der Waals surface area contributed by atoms with E-state index in [1.807, 2.05) is 4.90 Å². The van der Waals surface area contributed by atoms with Crippen molar-refractivity contribution in [1.82, 2.24) is 20.1 Å². The molecule has 0 bridgehead atoms. The zero-order valence-electron chi connectivity index (χ0n) is 12.7. The van der Waals surface area contributed by atoms with Gasteiger partial charge >= 0.3 is 0 Å². The summed E-state index contributed by atoms with van der Waals surface area (Å²) < 4.78 is 0.342. The zero-order chi connectivity index (χ0) is 16.4. The Bertz CT molecular complexity index is 675. The number of carbonyl (C=O) groups is 2.